The monoisotopic (exact) mass is 317 g/mol. The highest BCUT2D eigenvalue weighted by atomic mass is 32.1. The van der Waals surface area contributed by atoms with Gasteiger partial charge in [-0.15, -0.1) is 11.3 Å². The number of halogens is 2. The van der Waals surface area contributed by atoms with Gasteiger partial charge in [-0.3, -0.25) is 15.1 Å². The molecule has 0 unspecified atom stereocenters. The minimum Gasteiger partial charge on any atom is -0.298 e. The molecule has 2 heterocycles. The van der Waals surface area contributed by atoms with Gasteiger partial charge in [0.05, 0.1) is 11.3 Å². The molecule has 7 heteroatoms. The van der Waals surface area contributed by atoms with Crippen LogP contribution < -0.4 is 5.32 Å². The number of nitrogens with one attached hydrogen (secondary N) is 1. The molecule has 1 N–H and O–H groups in total. The molecule has 0 saturated heterocycles. The van der Waals surface area contributed by atoms with Crippen LogP contribution in [-0.4, -0.2) is 15.9 Å². The van der Waals surface area contributed by atoms with Crippen LogP contribution >= 0.6 is 11.3 Å². The Morgan fingerprint density at radius 2 is 2.09 bits per heavy atom. The van der Waals surface area contributed by atoms with E-state index >= 15 is 0 Å². The maximum absolute atomic E-state index is 13.5. The smallest absolute Gasteiger partial charge is 0.260 e. The third-order valence-corrected chi connectivity index (χ3v) is 3.62. The van der Waals surface area contributed by atoms with E-state index in [9.17, 15) is 13.6 Å². The van der Waals surface area contributed by atoms with Crippen LogP contribution in [0.4, 0.5) is 13.9 Å². The van der Waals surface area contributed by atoms with Gasteiger partial charge in [0, 0.05) is 29.4 Å². The van der Waals surface area contributed by atoms with E-state index in [1.807, 2.05) is 6.07 Å². The SMILES string of the molecule is O=C(Nc1nc(-c2cccnc2)cs1)c1ccc(F)cc1F. The summed E-state index contributed by atoms with van der Waals surface area (Å²) in [6.07, 6.45) is 3.30. The summed E-state index contributed by atoms with van der Waals surface area (Å²) < 4.78 is 26.4. The van der Waals surface area contributed by atoms with Gasteiger partial charge in [0.2, 0.25) is 0 Å². The van der Waals surface area contributed by atoms with Gasteiger partial charge in [0.1, 0.15) is 11.6 Å². The number of rotatable bonds is 3. The molecule has 0 spiro atoms. The van der Waals surface area contributed by atoms with Gasteiger partial charge in [0.15, 0.2) is 5.13 Å². The van der Waals surface area contributed by atoms with Gasteiger partial charge < -0.3 is 0 Å². The Kier molecular flexibility index (Phi) is 3.88. The van der Waals surface area contributed by atoms with E-state index < -0.39 is 17.5 Å². The predicted molar refractivity (Wildman–Crippen MR) is 79.7 cm³/mol. The van der Waals surface area contributed by atoms with E-state index in [1.54, 1.807) is 23.8 Å². The molecule has 1 aromatic carbocycles. The lowest BCUT2D eigenvalue weighted by atomic mass is 10.2. The Hall–Kier alpha value is -2.67. The molecular formula is C15H9F2N3OS. The van der Waals surface area contributed by atoms with Crippen molar-refractivity contribution in [3.8, 4) is 11.3 Å². The number of hydrogen-bond donors (Lipinski definition) is 1. The Morgan fingerprint density at radius 1 is 1.23 bits per heavy atom. The van der Waals surface area contributed by atoms with Crippen LogP contribution in [0.3, 0.4) is 0 Å². The van der Waals surface area contributed by atoms with Crippen LogP contribution in [0.25, 0.3) is 11.3 Å². The number of carbonyl (C=O) groups excluding carboxylic acids is 1. The topological polar surface area (TPSA) is 54.9 Å². The molecule has 0 radical (unpaired) electrons. The number of nitrogens with zero attached hydrogens (tertiary/aromatic N) is 2. The average molecular weight is 317 g/mol. The molecule has 0 saturated carbocycles. The molecule has 2 aromatic heterocycles. The standard InChI is InChI=1S/C15H9F2N3OS/c16-10-3-4-11(12(17)6-10)14(21)20-15-19-13(8-22-15)9-2-1-5-18-7-9/h1-8H,(H,19,20,21). The maximum Gasteiger partial charge on any atom is 0.260 e. The highest BCUT2D eigenvalue weighted by molar-refractivity contribution is 7.14. The largest absolute Gasteiger partial charge is 0.298 e. The third kappa shape index (κ3) is 2.99. The van der Waals surface area contributed by atoms with E-state index in [0.29, 0.717) is 16.9 Å². The van der Waals surface area contributed by atoms with Gasteiger partial charge in [-0.2, -0.15) is 0 Å². The maximum atomic E-state index is 13.5. The van der Waals surface area contributed by atoms with Gasteiger partial charge in [-0.1, -0.05) is 0 Å². The molecule has 0 aliphatic rings. The number of aromatic nitrogens is 2. The molecule has 3 rings (SSSR count). The lowest BCUT2D eigenvalue weighted by Gasteiger charge is -2.03. The van der Waals surface area contributed by atoms with E-state index in [4.69, 9.17) is 0 Å². The van der Waals surface area contributed by atoms with Gasteiger partial charge >= 0.3 is 0 Å². The summed E-state index contributed by atoms with van der Waals surface area (Å²) in [6.45, 7) is 0. The van der Waals surface area contributed by atoms with Crippen molar-refractivity contribution in [2.24, 2.45) is 0 Å². The van der Waals surface area contributed by atoms with Crippen molar-refractivity contribution in [2.75, 3.05) is 5.32 Å². The fourth-order valence-electron chi connectivity index (χ4n) is 1.82. The zero-order valence-corrected chi connectivity index (χ0v) is 11.9. The van der Waals surface area contributed by atoms with Crippen LogP contribution in [0.2, 0.25) is 0 Å². The molecule has 3 aromatic rings. The number of pyridine rings is 1. The van der Waals surface area contributed by atoms with Crippen molar-refractivity contribution in [2.45, 2.75) is 0 Å². The predicted octanol–water partition coefficient (Wildman–Crippen LogP) is 3.74. The number of hydrogen-bond acceptors (Lipinski definition) is 4. The van der Waals surface area contributed by atoms with Crippen molar-refractivity contribution >= 4 is 22.4 Å². The summed E-state index contributed by atoms with van der Waals surface area (Å²) >= 11 is 1.21. The quantitative estimate of drug-likeness (QED) is 0.800. The minimum absolute atomic E-state index is 0.237. The molecular weight excluding hydrogens is 308 g/mol. The normalized spacial score (nSPS) is 10.5. The van der Waals surface area contributed by atoms with E-state index in [1.165, 1.54) is 11.3 Å². The second kappa shape index (κ2) is 5.98. The van der Waals surface area contributed by atoms with Crippen LogP contribution in [0, 0.1) is 11.6 Å². The van der Waals surface area contributed by atoms with Crippen LogP contribution in [-0.2, 0) is 0 Å². The molecule has 0 atom stereocenters. The molecule has 4 nitrogen and oxygen atoms in total. The zero-order valence-electron chi connectivity index (χ0n) is 11.1. The van der Waals surface area contributed by atoms with E-state index in [0.717, 1.165) is 17.7 Å². The molecule has 110 valence electrons. The fourth-order valence-corrected chi connectivity index (χ4v) is 2.53. The Bertz CT molecular complexity index is 821. The van der Waals surface area contributed by atoms with Crippen molar-refractivity contribution in [1.29, 1.82) is 0 Å². The molecule has 0 bridgehead atoms. The molecule has 0 aliphatic carbocycles. The second-order valence-corrected chi connectivity index (χ2v) is 5.22. The van der Waals surface area contributed by atoms with E-state index in [-0.39, 0.29) is 5.56 Å². The number of amides is 1. The first-order valence-electron chi connectivity index (χ1n) is 6.26. The molecule has 1 amide bonds. The minimum atomic E-state index is -0.915. The summed E-state index contributed by atoms with van der Waals surface area (Å²) in [4.78, 5) is 20.2. The van der Waals surface area contributed by atoms with E-state index in [2.05, 4.69) is 15.3 Å². The summed E-state index contributed by atoms with van der Waals surface area (Å²) in [5, 5.41) is 4.58. The first-order valence-corrected chi connectivity index (χ1v) is 7.14. The summed E-state index contributed by atoms with van der Waals surface area (Å²) in [5.41, 5.74) is 1.24. The number of carbonyl (C=O) groups is 1. The Labute approximate surface area is 128 Å². The molecule has 0 fully saturated rings. The van der Waals surface area contributed by atoms with Crippen molar-refractivity contribution < 1.29 is 13.6 Å². The summed E-state index contributed by atoms with van der Waals surface area (Å²) in [6, 6.07) is 6.41. The van der Waals surface area contributed by atoms with Crippen LogP contribution in [0.15, 0.2) is 48.1 Å². The number of benzene rings is 1. The third-order valence-electron chi connectivity index (χ3n) is 2.86. The summed E-state index contributed by atoms with van der Waals surface area (Å²) in [5.74, 6) is -2.33. The highest BCUT2D eigenvalue weighted by Crippen LogP contribution is 2.24. The van der Waals surface area contributed by atoms with Crippen LogP contribution in [0.5, 0.6) is 0 Å². The first kappa shape index (κ1) is 14.3. The van der Waals surface area contributed by atoms with Crippen LogP contribution in [0.1, 0.15) is 10.4 Å². The first-order chi connectivity index (χ1) is 10.6. The lowest BCUT2D eigenvalue weighted by Crippen LogP contribution is -2.13. The highest BCUT2D eigenvalue weighted by Gasteiger charge is 2.14. The van der Waals surface area contributed by atoms with Gasteiger partial charge in [-0.05, 0) is 24.3 Å². The second-order valence-electron chi connectivity index (χ2n) is 4.36. The van der Waals surface area contributed by atoms with Crippen molar-refractivity contribution in [3.05, 3.63) is 65.3 Å². The van der Waals surface area contributed by atoms with Crippen molar-refractivity contribution in [3.63, 3.8) is 0 Å². The van der Waals surface area contributed by atoms with Gasteiger partial charge in [0.25, 0.3) is 5.91 Å². The summed E-state index contributed by atoms with van der Waals surface area (Å²) in [7, 11) is 0. The van der Waals surface area contributed by atoms with Gasteiger partial charge in [-0.25, -0.2) is 13.8 Å². The molecule has 22 heavy (non-hydrogen) atoms. The lowest BCUT2D eigenvalue weighted by molar-refractivity contribution is 0.102. The average Bonchev–Trinajstić information content (AvgIpc) is 2.96. The zero-order chi connectivity index (χ0) is 15.5. The fraction of sp³-hybridized carbons (Fsp3) is 0. The Morgan fingerprint density at radius 3 is 2.82 bits per heavy atom. The number of anilines is 1. The number of thiazole rings is 1. The molecule has 0 aliphatic heterocycles. The van der Waals surface area contributed by atoms with Crippen molar-refractivity contribution in [1.82, 2.24) is 9.97 Å². The Balaban J connectivity index is 1.79.